The largest absolute Gasteiger partial charge is 0.279 e. The molecule has 0 aliphatic carbocycles. The van der Waals surface area contributed by atoms with Gasteiger partial charge in [-0.1, -0.05) is 78.5 Å². The molecule has 0 bridgehead atoms. The smallest absolute Gasteiger partial charge is 0.201 e. The number of alkyl halides is 2. The number of halogens is 2. The van der Waals surface area contributed by atoms with Crippen LogP contribution >= 0.6 is 0 Å². The van der Waals surface area contributed by atoms with E-state index in [1.54, 1.807) is 0 Å². The van der Waals surface area contributed by atoms with Crippen molar-refractivity contribution >= 4 is 8.07 Å². The first-order chi connectivity index (χ1) is 12.1. The number of rotatable bonds is 8. The second-order valence-corrected chi connectivity index (χ2v) is 13.7. The highest BCUT2D eigenvalue weighted by atomic mass is 28.3. The van der Waals surface area contributed by atoms with Crippen LogP contribution in [0, 0.1) is 17.4 Å². The molecule has 1 unspecified atom stereocenters. The summed E-state index contributed by atoms with van der Waals surface area (Å²) in [6.45, 7) is 16.6. The number of allylic oxidation sites excluding steroid dienone is 1. The van der Waals surface area contributed by atoms with Gasteiger partial charge in [-0.3, -0.25) is 0 Å². The first kappa shape index (κ1) is 22.6. The van der Waals surface area contributed by atoms with Gasteiger partial charge >= 0.3 is 0 Å². The minimum Gasteiger partial charge on any atom is -0.201 e. The van der Waals surface area contributed by atoms with Crippen LogP contribution in [0.4, 0.5) is 8.78 Å². The van der Waals surface area contributed by atoms with Gasteiger partial charge in [0.05, 0.1) is 5.92 Å². The van der Waals surface area contributed by atoms with Gasteiger partial charge in [0.1, 0.15) is 8.07 Å². The fourth-order valence-electron chi connectivity index (χ4n) is 4.10. The van der Waals surface area contributed by atoms with Crippen molar-refractivity contribution in [3.63, 3.8) is 0 Å². The summed E-state index contributed by atoms with van der Waals surface area (Å²) in [6.07, 6.45) is 1.71. The molecule has 26 heavy (non-hydrogen) atoms. The van der Waals surface area contributed by atoms with E-state index in [0.717, 1.165) is 11.6 Å². The zero-order valence-corrected chi connectivity index (χ0v) is 18.2. The van der Waals surface area contributed by atoms with Crippen LogP contribution in [-0.2, 0) is 6.42 Å². The van der Waals surface area contributed by atoms with Crippen molar-refractivity contribution in [3.05, 3.63) is 48.6 Å². The molecule has 0 aliphatic heterocycles. The van der Waals surface area contributed by atoms with Gasteiger partial charge in [0.25, 0.3) is 5.92 Å². The van der Waals surface area contributed by atoms with E-state index in [2.05, 4.69) is 59.6 Å². The minimum absolute atomic E-state index is 0.342. The molecule has 3 heteroatoms. The molecule has 0 aromatic heterocycles. The van der Waals surface area contributed by atoms with Gasteiger partial charge in [0.15, 0.2) is 0 Å². The lowest BCUT2D eigenvalue weighted by atomic mass is 9.94. The Morgan fingerprint density at radius 3 is 1.92 bits per heavy atom. The molecular weight excluding hydrogens is 342 g/mol. The van der Waals surface area contributed by atoms with Crippen molar-refractivity contribution in [3.8, 4) is 11.5 Å². The first-order valence-electron chi connectivity index (χ1n) is 9.65. The Morgan fingerprint density at radius 1 is 1.00 bits per heavy atom. The average molecular weight is 377 g/mol. The van der Waals surface area contributed by atoms with Crippen molar-refractivity contribution in [2.45, 2.75) is 76.9 Å². The summed E-state index contributed by atoms with van der Waals surface area (Å²) in [7, 11) is -2.02. The molecule has 0 radical (unpaired) electrons. The lowest BCUT2D eigenvalue weighted by Crippen LogP contribution is -2.43. The van der Waals surface area contributed by atoms with Crippen LogP contribution in [0.15, 0.2) is 43.0 Å². The molecular formula is C23H34F2Si. The molecule has 0 saturated heterocycles. The molecule has 144 valence electrons. The third-order valence-electron chi connectivity index (χ3n) is 5.63. The van der Waals surface area contributed by atoms with Crippen LogP contribution in [0.3, 0.4) is 0 Å². The van der Waals surface area contributed by atoms with Crippen LogP contribution < -0.4 is 0 Å². The number of hydrogen-bond acceptors (Lipinski definition) is 0. The molecule has 0 N–H and O–H groups in total. The standard InChI is InChI=1S/C23H34F2Si/c1-8-23(24,25)22(15-14-21-12-10-9-11-13-21)16-17-26(18(2)3,19(4)5)20(6)7/h8-13,18-20,22H,1,14-15H2,2-7H3. The highest BCUT2D eigenvalue weighted by Crippen LogP contribution is 2.41. The van der Waals surface area contributed by atoms with Gasteiger partial charge in [0, 0.05) is 0 Å². The van der Waals surface area contributed by atoms with E-state index in [-0.39, 0.29) is 0 Å². The SMILES string of the molecule is C=CC(F)(F)C(C#C[Si](C(C)C)(C(C)C)C(C)C)CCc1ccccc1. The van der Waals surface area contributed by atoms with Crippen molar-refractivity contribution in [1.82, 2.24) is 0 Å². The summed E-state index contributed by atoms with van der Waals surface area (Å²) in [6, 6.07) is 9.77. The van der Waals surface area contributed by atoms with Crippen molar-refractivity contribution in [1.29, 1.82) is 0 Å². The van der Waals surface area contributed by atoms with Crippen LogP contribution in [0.2, 0.25) is 16.6 Å². The second kappa shape index (κ2) is 9.51. The summed E-state index contributed by atoms with van der Waals surface area (Å²) in [5.74, 6) is -0.892. The summed E-state index contributed by atoms with van der Waals surface area (Å²) in [4.78, 5) is 0. The molecule has 0 heterocycles. The van der Waals surface area contributed by atoms with Crippen LogP contribution in [0.5, 0.6) is 0 Å². The molecule has 1 atom stereocenters. The summed E-state index contributed by atoms with van der Waals surface area (Å²) in [5, 5.41) is 0. The van der Waals surface area contributed by atoms with E-state index in [9.17, 15) is 8.78 Å². The van der Waals surface area contributed by atoms with E-state index in [1.807, 2.05) is 30.3 Å². The third kappa shape index (κ3) is 5.30. The van der Waals surface area contributed by atoms with Gasteiger partial charge in [-0.15, -0.1) is 11.5 Å². The molecule has 0 spiro atoms. The number of aryl methyl sites for hydroxylation is 1. The normalized spacial score (nSPS) is 13.7. The van der Waals surface area contributed by atoms with Crippen LogP contribution in [0.25, 0.3) is 0 Å². The maximum atomic E-state index is 14.5. The van der Waals surface area contributed by atoms with Gasteiger partial charge in [-0.05, 0) is 41.1 Å². The molecule has 0 aliphatic rings. The van der Waals surface area contributed by atoms with Gasteiger partial charge in [-0.2, -0.15) is 0 Å². The Labute approximate surface area is 160 Å². The second-order valence-electron chi connectivity index (χ2n) is 8.12. The summed E-state index contributed by atoms with van der Waals surface area (Å²) < 4.78 is 29.0. The molecule has 0 fully saturated rings. The van der Waals surface area contributed by atoms with Crippen LogP contribution in [-0.4, -0.2) is 14.0 Å². The molecule has 1 aromatic rings. The van der Waals surface area contributed by atoms with E-state index in [4.69, 9.17) is 0 Å². The predicted molar refractivity (Wildman–Crippen MR) is 112 cm³/mol. The van der Waals surface area contributed by atoms with Crippen LogP contribution in [0.1, 0.15) is 53.5 Å². The molecule has 1 aromatic carbocycles. The Hall–Kier alpha value is -1.40. The van der Waals surface area contributed by atoms with E-state index in [1.165, 1.54) is 0 Å². The third-order valence-corrected chi connectivity index (χ3v) is 11.9. The Bertz CT molecular complexity index is 599. The van der Waals surface area contributed by atoms with Gasteiger partial charge in [-0.25, -0.2) is 8.78 Å². The van der Waals surface area contributed by atoms with Crippen molar-refractivity contribution in [2.75, 3.05) is 0 Å². The lowest BCUT2D eigenvalue weighted by Gasteiger charge is -2.38. The maximum Gasteiger partial charge on any atom is 0.279 e. The maximum absolute atomic E-state index is 14.5. The molecule has 0 amide bonds. The summed E-state index contributed by atoms with van der Waals surface area (Å²) >= 11 is 0. The van der Waals surface area contributed by atoms with Crippen molar-refractivity contribution < 1.29 is 8.78 Å². The summed E-state index contributed by atoms with van der Waals surface area (Å²) in [5.41, 5.74) is 5.84. The minimum atomic E-state index is -2.97. The average Bonchev–Trinajstić information content (AvgIpc) is 2.57. The Morgan fingerprint density at radius 2 is 1.50 bits per heavy atom. The van der Waals surface area contributed by atoms with E-state index in [0.29, 0.717) is 29.5 Å². The Kier molecular flexibility index (Phi) is 8.28. The highest BCUT2D eigenvalue weighted by molar-refractivity contribution is 6.90. The predicted octanol–water partition coefficient (Wildman–Crippen LogP) is 7.28. The van der Waals surface area contributed by atoms with Gasteiger partial charge < -0.3 is 0 Å². The fraction of sp³-hybridized carbons (Fsp3) is 0.565. The zero-order valence-electron chi connectivity index (χ0n) is 17.2. The van der Waals surface area contributed by atoms with Crippen molar-refractivity contribution in [2.24, 2.45) is 5.92 Å². The molecule has 0 saturated carbocycles. The molecule has 0 nitrogen and oxygen atoms in total. The monoisotopic (exact) mass is 376 g/mol. The number of hydrogen-bond donors (Lipinski definition) is 0. The van der Waals surface area contributed by atoms with E-state index < -0.39 is 19.9 Å². The fourth-order valence-corrected chi connectivity index (χ4v) is 9.39. The first-order valence-corrected chi connectivity index (χ1v) is 11.9. The highest BCUT2D eigenvalue weighted by Gasteiger charge is 2.42. The Balaban J connectivity index is 3.20. The van der Waals surface area contributed by atoms with Gasteiger partial charge in [0.2, 0.25) is 0 Å². The van der Waals surface area contributed by atoms with E-state index >= 15 is 0 Å². The zero-order chi connectivity index (χ0) is 20.0. The topological polar surface area (TPSA) is 0 Å². The lowest BCUT2D eigenvalue weighted by molar-refractivity contribution is 0.0119. The molecule has 1 rings (SSSR count). The number of benzene rings is 1. The quantitative estimate of drug-likeness (QED) is 0.254.